The highest BCUT2D eigenvalue weighted by Gasteiger charge is 2.02. The predicted octanol–water partition coefficient (Wildman–Crippen LogP) is 1.49. The summed E-state index contributed by atoms with van der Waals surface area (Å²) < 4.78 is 4.92. The Bertz CT molecular complexity index is 325. The first-order valence-corrected chi connectivity index (χ1v) is 3.64. The first-order chi connectivity index (χ1) is 6.13. The lowest BCUT2D eigenvalue weighted by Crippen LogP contribution is -2.07. The summed E-state index contributed by atoms with van der Waals surface area (Å²) in [5, 5.41) is 10.6. The van der Waals surface area contributed by atoms with E-state index in [1.54, 1.807) is 13.0 Å². The molecule has 0 unspecified atom stereocenters. The van der Waals surface area contributed by atoms with E-state index in [1.165, 1.54) is 13.3 Å². The average Bonchev–Trinajstić information content (AvgIpc) is 2.03. The van der Waals surface area contributed by atoms with Crippen LogP contribution in [0.25, 0.3) is 0 Å². The van der Waals surface area contributed by atoms with E-state index in [4.69, 9.17) is 9.84 Å². The van der Waals surface area contributed by atoms with E-state index in [0.717, 1.165) is 5.56 Å². The molecule has 70 valence electrons. The maximum absolute atomic E-state index is 10.3. The number of anilines is 1. The molecule has 1 rings (SSSR count). The van der Waals surface area contributed by atoms with E-state index >= 15 is 0 Å². The minimum Gasteiger partial charge on any atom is -0.481 e. The van der Waals surface area contributed by atoms with Crippen molar-refractivity contribution in [3.05, 3.63) is 17.8 Å². The summed E-state index contributed by atoms with van der Waals surface area (Å²) in [6, 6.07) is 1.65. The van der Waals surface area contributed by atoms with Gasteiger partial charge < -0.3 is 9.84 Å². The van der Waals surface area contributed by atoms with Gasteiger partial charge in [-0.2, -0.15) is 0 Å². The second kappa shape index (κ2) is 3.75. The van der Waals surface area contributed by atoms with Crippen LogP contribution in [0.15, 0.2) is 12.3 Å². The fourth-order valence-electron chi connectivity index (χ4n) is 0.968. The lowest BCUT2D eigenvalue weighted by molar-refractivity contribution is 0.209. The fourth-order valence-corrected chi connectivity index (χ4v) is 0.968. The van der Waals surface area contributed by atoms with Crippen LogP contribution in [0.4, 0.5) is 10.5 Å². The van der Waals surface area contributed by atoms with Gasteiger partial charge in [0.15, 0.2) is 0 Å². The monoisotopic (exact) mass is 182 g/mol. The molecule has 1 aromatic rings. The molecule has 0 atom stereocenters. The summed E-state index contributed by atoms with van der Waals surface area (Å²) >= 11 is 0. The minimum atomic E-state index is -1.11. The van der Waals surface area contributed by atoms with Gasteiger partial charge in [0.25, 0.3) is 0 Å². The van der Waals surface area contributed by atoms with Crippen molar-refractivity contribution in [2.24, 2.45) is 0 Å². The largest absolute Gasteiger partial charge is 0.481 e. The van der Waals surface area contributed by atoms with E-state index in [-0.39, 0.29) is 0 Å². The van der Waals surface area contributed by atoms with Gasteiger partial charge in [-0.25, -0.2) is 9.78 Å². The van der Waals surface area contributed by atoms with Crippen molar-refractivity contribution in [3.63, 3.8) is 0 Å². The molecular weight excluding hydrogens is 172 g/mol. The van der Waals surface area contributed by atoms with Gasteiger partial charge in [0, 0.05) is 5.56 Å². The van der Waals surface area contributed by atoms with Gasteiger partial charge in [0.2, 0.25) is 5.88 Å². The second-order valence-corrected chi connectivity index (χ2v) is 2.48. The van der Waals surface area contributed by atoms with Crippen molar-refractivity contribution >= 4 is 11.8 Å². The van der Waals surface area contributed by atoms with Gasteiger partial charge in [-0.3, -0.25) is 5.32 Å². The zero-order chi connectivity index (χ0) is 9.84. The number of methoxy groups -OCH3 is 1. The zero-order valence-corrected chi connectivity index (χ0v) is 7.37. The third-order valence-corrected chi connectivity index (χ3v) is 1.47. The number of rotatable bonds is 2. The molecule has 13 heavy (non-hydrogen) atoms. The van der Waals surface area contributed by atoms with E-state index in [1.807, 2.05) is 0 Å². The number of nitrogens with one attached hydrogen (secondary N) is 1. The van der Waals surface area contributed by atoms with Crippen LogP contribution in [0.5, 0.6) is 5.88 Å². The summed E-state index contributed by atoms with van der Waals surface area (Å²) in [6.07, 6.45) is 0.298. The Labute approximate surface area is 75.4 Å². The Morgan fingerprint density at radius 3 is 2.85 bits per heavy atom. The number of ether oxygens (including phenoxy) is 1. The number of nitrogens with zero attached hydrogens (tertiary/aromatic N) is 1. The molecule has 1 heterocycles. The van der Waals surface area contributed by atoms with Crippen LogP contribution in [0.3, 0.4) is 0 Å². The zero-order valence-electron chi connectivity index (χ0n) is 7.37. The van der Waals surface area contributed by atoms with Crippen LogP contribution in [0.2, 0.25) is 0 Å². The molecule has 0 aliphatic heterocycles. The number of aromatic nitrogens is 1. The molecule has 1 aromatic heterocycles. The molecule has 0 radical (unpaired) electrons. The van der Waals surface area contributed by atoms with E-state index < -0.39 is 6.09 Å². The van der Waals surface area contributed by atoms with E-state index in [2.05, 4.69) is 10.3 Å². The number of hydrogen-bond donors (Lipinski definition) is 2. The molecule has 0 aliphatic carbocycles. The Morgan fingerprint density at radius 2 is 2.38 bits per heavy atom. The fraction of sp³-hybridized carbons (Fsp3) is 0.250. The number of carboxylic acid groups (broad SMARTS) is 1. The van der Waals surface area contributed by atoms with Crippen LogP contribution in [-0.2, 0) is 0 Å². The van der Waals surface area contributed by atoms with Crippen molar-refractivity contribution in [3.8, 4) is 5.88 Å². The van der Waals surface area contributed by atoms with Crippen LogP contribution in [-0.4, -0.2) is 23.3 Å². The highest BCUT2D eigenvalue weighted by molar-refractivity contribution is 5.82. The Hall–Kier alpha value is -1.78. The van der Waals surface area contributed by atoms with E-state index in [0.29, 0.717) is 11.6 Å². The van der Waals surface area contributed by atoms with Crippen LogP contribution < -0.4 is 10.1 Å². The Morgan fingerprint density at radius 1 is 1.69 bits per heavy atom. The lowest BCUT2D eigenvalue weighted by Gasteiger charge is -2.05. The second-order valence-electron chi connectivity index (χ2n) is 2.48. The van der Waals surface area contributed by atoms with Crippen molar-refractivity contribution in [1.29, 1.82) is 0 Å². The SMILES string of the molecule is COc1ncc(NC(=O)O)cc1C. The number of hydrogen-bond acceptors (Lipinski definition) is 3. The first-order valence-electron chi connectivity index (χ1n) is 3.64. The lowest BCUT2D eigenvalue weighted by atomic mass is 10.3. The topological polar surface area (TPSA) is 71.5 Å². The summed E-state index contributed by atoms with van der Waals surface area (Å²) in [5.74, 6) is 0.496. The molecule has 0 saturated heterocycles. The number of carbonyl (C=O) groups is 1. The molecule has 5 nitrogen and oxygen atoms in total. The number of amides is 1. The van der Waals surface area contributed by atoms with Crippen LogP contribution in [0, 0.1) is 6.92 Å². The summed E-state index contributed by atoms with van der Waals surface area (Å²) in [4.78, 5) is 14.2. The molecule has 0 fully saturated rings. The normalized spacial score (nSPS) is 9.38. The van der Waals surface area contributed by atoms with Gasteiger partial charge >= 0.3 is 6.09 Å². The van der Waals surface area contributed by atoms with Crippen molar-refractivity contribution in [2.45, 2.75) is 6.92 Å². The maximum Gasteiger partial charge on any atom is 0.409 e. The summed E-state index contributed by atoms with van der Waals surface area (Å²) in [5.41, 5.74) is 1.22. The molecule has 0 aromatic carbocycles. The molecule has 2 N–H and O–H groups in total. The third-order valence-electron chi connectivity index (χ3n) is 1.47. The molecule has 1 amide bonds. The van der Waals surface area contributed by atoms with Gasteiger partial charge in [-0.1, -0.05) is 0 Å². The van der Waals surface area contributed by atoms with E-state index in [9.17, 15) is 4.79 Å². The number of pyridine rings is 1. The quantitative estimate of drug-likeness (QED) is 0.726. The van der Waals surface area contributed by atoms with Gasteiger partial charge in [0.05, 0.1) is 19.0 Å². The standard InChI is InChI=1S/C8H10N2O3/c1-5-3-6(10-8(11)12)4-9-7(5)13-2/h3-4,10H,1-2H3,(H,11,12). The van der Waals surface area contributed by atoms with Crippen molar-refractivity contribution < 1.29 is 14.6 Å². The maximum atomic E-state index is 10.3. The predicted molar refractivity (Wildman–Crippen MR) is 47.2 cm³/mol. The highest BCUT2D eigenvalue weighted by Crippen LogP contribution is 2.17. The Kier molecular flexibility index (Phi) is 2.69. The smallest absolute Gasteiger partial charge is 0.409 e. The number of aryl methyl sites for hydroxylation is 1. The summed E-state index contributed by atoms with van der Waals surface area (Å²) in [6.45, 7) is 1.79. The van der Waals surface area contributed by atoms with Crippen LogP contribution in [0.1, 0.15) is 5.56 Å². The summed E-state index contributed by atoms with van der Waals surface area (Å²) in [7, 11) is 1.51. The highest BCUT2D eigenvalue weighted by atomic mass is 16.5. The molecule has 0 bridgehead atoms. The molecule has 0 aliphatic rings. The minimum absolute atomic E-state index is 0.436. The molecular formula is C8H10N2O3. The average molecular weight is 182 g/mol. The third kappa shape index (κ3) is 2.33. The van der Waals surface area contributed by atoms with Crippen molar-refractivity contribution in [2.75, 3.05) is 12.4 Å². The van der Waals surface area contributed by atoms with Gasteiger partial charge in [-0.15, -0.1) is 0 Å². The van der Waals surface area contributed by atoms with Crippen molar-refractivity contribution in [1.82, 2.24) is 4.98 Å². The van der Waals surface area contributed by atoms with Crippen LogP contribution >= 0.6 is 0 Å². The van der Waals surface area contributed by atoms with Gasteiger partial charge in [0.1, 0.15) is 0 Å². The first kappa shape index (κ1) is 9.31. The van der Waals surface area contributed by atoms with Gasteiger partial charge in [-0.05, 0) is 13.0 Å². The molecule has 0 saturated carbocycles. The molecule has 5 heteroatoms. The Balaban J connectivity index is 2.89. The molecule has 0 spiro atoms.